The first-order valence-electron chi connectivity index (χ1n) is 3.77. The van der Waals surface area contributed by atoms with Gasteiger partial charge in [0.25, 0.3) is 0 Å². The third kappa shape index (κ3) is 2.94. The second-order valence-electron chi connectivity index (χ2n) is 2.51. The average Bonchev–Trinajstić information content (AvgIpc) is 2.15. The molecule has 0 bridgehead atoms. The summed E-state index contributed by atoms with van der Waals surface area (Å²) in [6.07, 6.45) is 1.54. The van der Waals surface area contributed by atoms with Gasteiger partial charge >= 0.3 is 5.88 Å². The van der Waals surface area contributed by atoms with E-state index < -0.39 is 10.8 Å². The second-order valence-corrected chi connectivity index (χ2v) is 2.51. The van der Waals surface area contributed by atoms with Crippen LogP contribution >= 0.6 is 0 Å². The van der Waals surface area contributed by atoms with Gasteiger partial charge in [-0.25, -0.2) is 0 Å². The number of aliphatic hydroxyl groups is 1. The van der Waals surface area contributed by atoms with E-state index in [0.717, 1.165) is 5.56 Å². The third-order valence-electron chi connectivity index (χ3n) is 1.55. The Hall–Kier alpha value is -1.84. The zero-order valence-electron chi connectivity index (χ0n) is 6.88. The Morgan fingerprint density at radius 2 is 2.08 bits per heavy atom. The Bertz CT molecular complexity index is 319. The highest BCUT2D eigenvalue weighted by Gasteiger charge is 2.04. The number of nitro groups is 1. The van der Waals surface area contributed by atoms with Gasteiger partial charge in [0, 0.05) is 12.5 Å². The summed E-state index contributed by atoms with van der Waals surface area (Å²) >= 11 is 0. The Kier molecular flexibility index (Phi) is 3.03. The van der Waals surface area contributed by atoms with Crippen molar-refractivity contribution in [3.8, 4) is 0 Å². The summed E-state index contributed by atoms with van der Waals surface area (Å²) in [7, 11) is 0. The van der Waals surface area contributed by atoms with Crippen LogP contribution in [0.2, 0.25) is 0 Å². The molecule has 0 unspecified atom stereocenters. The van der Waals surface area contributed by atoms with E-state index in [1.165, 1.54) is 6.08 Å². The Morgan fingerprint density at radius 1 is 1.46 bits per heavy atom. The maximum absolute atomic E-state index is 10.0. The van der Waals surface area contributed by atoms with Gasteiger partial charge in [-0.3, -0.25) is 10.1 Å². The van der Waals surface area contributed by atoms with Gasteiger partial charge in [0.2, 0.25) is 0 Å². The lowest BCUT2D eigenvalue weighted by molar-refractivity contribution is -0.459. The molecule has 0 aliphatic rings. The largest absolute Gasteiger partial charge is 0.456 e. The molecule has 13 heavy (non-hydrogen) atoms. The first kappa shape index (κ1) is 9.25. The van der Waals surface area contributed by atoms with E-state index in [0.29, 0.717) is 6.42 Å². The van der Waals surface area contributed by atoms with Crippen LogP contribution in [-0.4, -0.2) is 10.0 Å². The highest BCUT2D eigenvalue weighted by Crippen LogP contribution is 2.01. The molecule has 0 atom stereocenters. The molecule has 0 aromatic heterocycles. The van der Waals surface area contributed by atoms with Crippen molar-refractivity contribution in [3.63, 3.8) is 0 Å². The van der Waals surface area contributed by atoms with Crippen molar-refractivity contribution >= 4 is 0 Å². The van der Waals surface area contributed by atoms with Crippen LogP contribution in [0.1, 0.15) is 5.56 Å². The lowest BCUT2D eigenvalue weighted by Crippen LogP contribution is -1.97. The lowest BCUT2D eigenvalue weighted by atomic mass is 10.1. The summed E-state index contributed by atoms with van der Waals surface area (Å²) in [5.41, 5.74) is 0.927. The minimum Gasteiger partial charge on any atom is -0.456 e. The topological polar surface area (TPSA) is 63.4 Å². The van der Waals surface area contributed by atoms with E-state index in [-0.39, 0.29) is 0 Å². The molecule has 0 heterocycles. The van der Waals surface area contributed by atoms with Crippen LogP contribution in [0.3, 0.4) is 0 Å². The number of rotatable bonds is 3. The van der Waals surface area contributed by atoms with Gasteiger partial charge in [0.15, 0.2) is 0 Å². The number of allylic oxidation sites excluding steroid dienone is 1. The van der Waals surface area contributed by atoms with Gasteiger partial charge in [-0.15, -0.1) is 0 Å². The fourth-order valence-electron chi connectivity index (χ4n) is 0.898. The van der Waals surface area contributed by atoms with Crippen LogP contribution in [0.25, 0.3) is 0 Å². The van der Waals surface area contributed by atoms with Crippen LogP contribution in [0.5, 0.6) is 0 Å². The van der Waals surface area contributed by atoms with Gasteiger partial charge in [0.1, 0.15) is 4.92 Å². The lowest BCUT2D eigenvalue weighted by Gasteiger charge is -1.93. The van der Waals surface area contributed by atoms with Crippen LogP contribution in [0, 0.1) is 10.1 Å². The summed E-state index contributed by atoms with van der Waals surface area (Å²) in [5, 5.41) is 18.8. The standard InChI is InChI=1S/C9H9NO3/c11-9(10(12)13)7-6-8-4-2-1-3-5-8/h1-5,7,11H,6H2. The number of aliphatic hydroxyl groups excluding tert-OH is 1. The Morgan fingerprint density at radius 3 is 2.62 bits per heavy atom. The van der Waals surface area contributed by atoms with Gasteiger partial charge < -0.3 is 5.11 Å². The van der Waals surface area contributed by atoms with Gasteiger partial charge in [-0.1, -0.05) is 30.3 Å². The minimum absolute atomic E-state index is 0.369. The maximum atomic E-state index is 10.0. The van der Waals surface area contributed by atoms with Crippen LogP contribution < -0.4 is 0 Å². The van der Waals surface area contributed by atoms with Crippen molar-refractivity contribution < 1.29 is 10.0 Å². The summed E-state index contributed by atoms with van der Waals surface area (Å²) in [5.74, 6) is -0.802. The quantitative estimate of drug-likeness (QED) is 0.438. The predicted molar refractivity (Wildman–Crippen MR) is 47.9 cm³/mol. The summed E-state index contributed by atoms with van der Waals surface area (Å²) < 4.78 is 0. The Labute approximate surface area is 75.3 Å². The molecule has 68 valence electrons. The SMILES string of the molecule is O=[N+]([O-])C(O)=CCc1ccccc1. The number of hydrogen-bond donors (Lipinski definition) is 1. The van der Waals surface area contributed by atoms with E-state index in [9.17, 15) is 10.1 Å². The van der Waals surface area contributed by atoms with Crippen LogP contribution in [0.4, 0.5) is 0 Å². The van der Waals surface area contributed by atoms with Crippen LogP contribution in [0.15, 0.2) is 42.3 Å². The highest BCUT2D eigenvalue weighted by atomic mass is 16.7. The summed E-state index contributed by atoms with van der Waals surface area (Å²) in [4.78, 5) is 9.19. The van der Waals surface area contributed by atoms with Crippen molar-refractivity contribution in [2.45, 2.75) is 6.42 Å². The van der Waals surface area contributed by atoms with E-state index in [2.05, 4.69) is 0 Å². The summed E-state index contributed by atoms with van der Waals surface area (Å²) in [6, 6.07) is 9.22. The fraction of sp³-hybridized carbons (Fsp3) is 0.111. The van der Waals surface area contributed by atoms with Gasteiger partial charge in [-0.2, -0.15) is 0 Å². The molecule has 0 radical (unpaired) electrons. The predicted octanol–water partition coefficient (Wildman–Crippen LogP) is 1.91. The first-order valence-corrected chi connectivity index (χ1v) is 3.77. The third-order valence-corrected chi connectivity index (χ3v) is 1.55. The number of benzene rings is 1. The molecule has 0 amide bonds. The molecule has 4 nitrogen and oxygen atoms in total. The molecule has 1 N–H and O–H groups in total. The monoisotopic (exact) mass is 179 g/mol. The molecule has 1 rings (SSSR count). The second kappa shape index (κ2) is 4.25. The van der Waals surface area contributed by atoms with E-state index in [4.69, 9.17) is 5.11 Å². The first-order chi connectivity index (χ1) is 6.20. The van der Waals surface area contributed by atoms with Gasteiger partial charge in [0.05, 0.1) is 0 Å². The van der Waals surface area contributed by atoms with Crippen molar-refractivity contribution in [1.82, 2.24) is 0 Å². The molecule has 0 aliphatic heterocycles. The average molecular weight is 179 g/mol. The molecular weight excluding hydrogens is 170 g/mol. The molecule has 1 aromatic rings. The Balaban J connectivity index is 2.62. The van der Waals surface area contributed by atoms with Crippen molar-refractivity contribution in [3.05, 3.63) is 58.0 Å². The van der Waals surface area contributed by atoms with Crippen LogP contribution in [-0.2, 0) is 6.42 Å². The zero-order valence-corrected chi connectivity index (χ0v) is 6.88. The normalized spacial score (nSPS) is 11.2. The number of nitrogens with zero attached hydrogens (tertiary/aromatic N) is 1. The highest BCUT2D eigenvalue weighted by molar-refractivity contribution is 5.17. The molecule has 0 spiro atoms. The molecule has 1 aromatic carbocycles. The smallest absolute Gasteiger partial charge is 0.421 e. The van der Waals surface area contributed by atoms with Crippen molar-refractivity contribution in [1.29, 1.82) is 0 Å². The van der Waals surface area contributed by atoms with E-state index >= 15 is 0 Å². The van der Waals surface area contributed by atoms with Gasteiger partial charge in [-0.05, 0) is 5.56 Å². The molecule has 0 fully saturated rings. The fourth-order valence-corrected chi connectivity index (χ4v) is 0.898. The molecule has 4 heteroatoms. The van der Waals surface area contributed by atoms with Crippen molar-refractivity contribution in [2.75, 3.05) is 0 Å². The molecule has 0 saturated heterocycles. The number of hydrogen-bond acceptors (Lipinski definition) is 3. The molecule has 0 saturated carbocycles. The molecular formula is C9H9NO3. The van der Waals surface area contributed by atoms with E-state index in [1.54, 1.807) is 0 Å². The van der Waals surface area contributed by atoms with E-state index in [1.807, 2.05) is 30.3 Å². The zero-order chi connectivity index (χ0) is 9.68. The maximum Gasteiger partial charge on any atom is 0.421 e. The van der Waals surface area contributed by atoms with Crippen molar-refractivity contribution in [2.24, 2.45) is 0 Å². The summed E-state index contributed by atoms with van der Waals surface area (Å²) in [6.45, 7) is 0. The minimum atomic E-state index is -0.817. The molecule has 0 aliphatic carbocycles.